The minimum absolute atomic E-state index is 0.0411. The zero-order valence-electron chi connectivity index (χ0n) is 15.6. The zero-order chi connectivity index (χ0) is 18.3. The van der Waals surface area contributed by atoms with Gasteiger partial charge in [0.05, 0.1) is 14.2 Å². The Hall–Kier alpha value is -2.21. The van der Waals surface area contributed by atoms with Crippen molar-refractivity contribution < 1.29 is 9.47 Å². The number of hydrogen-bond acceptors (Lipinski definition) is 4. The van der Waals surface area contributed by atoms with Crippen molar-refractivity contribution in [2.45, 2.75) is 25.8 Å². The summed E-state index contributed by atoms with van der Waals surface area (Å²) < 4.78 is 10.8. The van der Waals surface area contributed by atoms with E-state index in [1.807, 2.05) is 18.2 Å². The number of rotatable bonds is 7. The Balaban J connectivity index is 1.97. The molecule has 0 unspecified atom stereocenters. The van der Waals surface area contributed by atoms with Crippen molar-refractivity contribution in [3.05, 3.63) is 46.2 Å². The molecule has 6 heteroatoms. The third kappa shape index (κ3) is 4.89. The molecule has 1 aromatic heterocycles. The van der Waals surface area contributed by atoms with Crippen molar-refractivity contribution in [2.24, 2.45) is 4.99 Å². The fourth-order valence-electron chi connectivity index (χ4n) is 2.55. The summed E-state index contributed by atoms with van der Waals surface area (Å²) in [4.78, 5) is 5.66. The summed E-state index contributed by atoms with van der Waals surface area (Å²) >= 11 is 1.78. The molecule has 136 valence electrons. The molecule has 0 saturated heterocycles. The number of nitrogens with one attached hydrogen (secondary N) is 2. The average Bonchev–Trinajstić information content (AvgIpc) is 3.17. The standard InChI is InChI=1S/C19H27N3O2S/c1-19(2,16-10-7-11-25-16)13-22-18(20-3)21-12-14-8-6-9-15(23-4)17(14)24-5/h6-11H,12-13H2,1-5H3,(H2,20,21,22). The molecule has 0 aliphatic heterocycles. The molecule has 5 nitrogen and oxygen atoms in total. The van der Waals surface area contributed by atoms with Crippen molar-refractivity contribution in [3.63, 3.8) is 0 Å². The SMILES string of the molecule is CN=C(NCc1cccc(OC)c1OC)NCC(C)(C)c1cccs1. The maximum absolute atomic E-state index is 5.47. The van der Waals surface area contributed by atoms with Crippen LogP contribution in [0, 0.1) is 0 Å². The van der Waals surface area contributed by atoms with Crippen LogP contribution < -0.4 is 20.1 Å². The Morgan fingerprint density at radius 1 is 1.12 bits per heavy atom. The second kappa shape index (κ2) is 8.76. The lowest BCUT2D eigenvalue weighted by atomic mass is 9.91. The van der Waals surface area contributed by atoms with Gasteiger partial charge in [-0.1, -0.05) is 32.0 Å². The van der Waals surface area contributed by atoms with Gasteiger partial charge in [0.1, 0.15) is 0 Å². The number of aliphatic imine (C=N–C) groups is 1. The van der Waals surface area contributed by atoms with Crippen LogP contribution in [-0.2, 0) is 12.0 Å². The molecular weight excluding hydrogens is 334 g/mol. The van der Waals surface area contributed by atoms with Gasteiger partial charge in [0.15, 0.2) is 17.5 Å². The average molecular weight is 362 g/mol. The normalized spacial score (nSPS) is 12.0. The lowest BCUT2D eigenvalue weighted by molar-refractivity contribution is 0.351. The van der Waals surface area contributed by atoms with Crippen molar-refractivity contribution in [3.8, 4) is 11.5 Å². The van der Waals surface area contributed by atoms with Crippen molar-refractivity contribution >= 4 is 17.3 Å². The molecule has 0 bridgehead atoms. The molecule has 0 spiro atoms. The van der Waals surface area contributed by atoms with Crippen molar-refractivity contribution in [1.82, 2.24) is 10.6 Å². The topological polar surface area (TPSA) is 54.9 Å². The number of para-hydroxylation sites is 1. The fourth-order valence-corrected chi connectivity index (χ4v) is 3.40. The zero-order valence-corrected chi connectivity index (χ0v) is 16.4. The predicted molar refractivity (Wildman–Crippen MR) is 105 cm³/mol. The van der Waals surface area contributed by atoms with Gasteiger partial charge in [-0.05, 0) is 17.5 Å². The van der Waals surface area contributed by atoms with Gasteiger partial charge in [-0.3, -0.25) is 4.99 Å². The van der Waals surface area contributed by atoms with Gasteiger partial charge in [-0.2, -0.15) is 0 Å². The maximum atomic E-state index is 5.47. The molecule has 0 fully saturated rings. The Kier molecular flexibility index (Phi) is 6.70. The first kappa shape index (κ1) is 19.1. The van der Waals surface area contributed by atoms with Gasteiger partial charge in [-0.15, -0.1) is 11.3 Å². The van der Waals surface area contributed by atoms with Crippen LogP contribution in [0.15, 0.2) is 40.7 Å². The summed E-state index contributed by atoms with van der Waals surface area (Å²) in [7, 11) is 5.07. The van der Waals surface area contributed by atoms with E-state index in [0.29, 0.717) is 6.54 Å². The summed E-state index contributed by atoms with van der Waals surface area (Å²) in [6.45, 7) is 5.84. The lowest BCUT2D eigenvalue weighted by Gasteiger charge is -2.25. The first-order valence-corrected chi connectivity index (χ1v) is 9.08. The number of nitrogens with zero attached hydrogens (tertiary/aromatic N) is 1. The lowest BCUT2D eigenvalue weighted by Crippen LogP contribution is -2.43. The highest BCUT2D eigenvalue weighted by molar-refractivity contribution is 7.10. The Bertz CT molecular complexity index is 697. The molecule has 0 aliphatic carbocycles. The summed E-state index contributed by atoms with van der Waals surface area (Å²) in [6.07, 6.45) is 0. The number of hydrogen-bond donors (Lipinski definition) is 2. The van der Waals surface area contributed by atoms with Gasteiger partial charge < -0.3 is 20.1 Å². The van der Waals surface area contributed by atoms with Crippen LogP contribution in [0.4, 0.5) is 0 Å². The van der Waals surface area contributed by atoms with Crippen LogP contribution in [-0.4, -0.2) is 33.8 Å². The molecule has 2 rings (SSSR count). The van der Waals surface area contributed by atoms with Crippen LogP contribution in [0.1, 0.15) is 24.3 Å². The predicted octanol–water partition coefficient (Wildman–Crippen LogP) is 3.41. The monoisotopic (exact) mass is 361 g/mol. The van der Waals surface area contributed by atoms with Crippen LogP contribution >= 0.6 is 11.3 Å². The van der Waals surface area contributed by atoms with Crippen LogP contribution in [0.2, 0.25) is 0 Å². The molecule has 0 amide bonds. The summed E-state index contributed by atoms with van der Waals surface area (Å²) in [6, 6.07) is 10.1. The second-order valence-corrected chi connectivity index (χ2v) is 7.24. The highest BCUT2D eigenvalue weighted by atomic mass is 32.1. The van der Waals surface area contributed by atoms with Crippen LogP contribution in [0.25, 0.3) is 0 Å². The van der Waals surface area contributed by atoms with E-state index in [9.17, 15) is 0 Å². The molecule has 1 aromatic carbocycles. The molecule has 2 N–H and O–H groups in total. The second-order valence-electron chi connectivity index (χ2n) is 6.29. The largest absolute Gasteiger partial charge is 0.493 e. The molecule has 25 heavy (non-hydrogen) atoms. The Labute approximate surface area is 154 Å². The van der Waals surface area contributed by atoms with Gasteiger partial charge in [0.2, 0.25) is 0 Å². The van der Waals surface area contributed by atoms with Crippen LogP contribution in [0.5, 0.6) is 11.5 Å². The first-order chi connectivity index (χ1) is 12.0. The minimum atomic E-state index is 0.0411. The van der Waals surface area contributed by atoms with Gasteiger partial charge in [0, 0.05) is 36.0 Å². The fraction of sp³-hybridized carbons (Fsp3) is 0.421. The molecule has 1 heterocycles. The molecular formula is C19H27N3O2S. The third-order valence-electron chi connectivity index (χ3n) is 4.04. The van der Waals surface area contributed by atoms with E-state index in [2.05, 4.69) is 47.0 Å². The summed E-state index contributed by atoms with van der Waals surface area (Å²) in [5.41, 5.74) is 1.06. The van der Waals surface area contributed by atoms with E-state index in [4.69, 9.17) is 9.47 Å². The minimum Gasteiger partial charge on any atom is -0.493 e. The number of benzene rings is 1. The van der Waals surface area contributed by atoms with E-state index in [-0.39, 0.29) is 5.41 Å². The number of guanidine groups is 1. The van der Waals surface area contributed by atoms with Crippen LogP contribution in [0.3, 0.4) is 0 Å². The Morgan fingerprint density at radius 3 is 2.52 bits per heavy atom. The van der Waals surface area contributed by atoms with Gasteiger partial charge in [0.25, 0.3) is 0 Å². The Morgan fingerprint density at radius 2 is 1.92 bits per heavy atom. The molecule has 0 saturated carbocycles. The third-order valence-corrected chi connectivity index (χ3v) is 5.28. The summed E-state index contributed by atoms with van der Waals surface area (Å²) in [5, 5.41) is 8.85. The molecule has 0 radical (unpaired) electrons. The highest BCUT2D eigenvalue weighted by Crippen LogP contribution is 2.30. The van der Waals surface area contributed by atoms with E-state index in [1.54, 1.807) is 32.6 Å². The molecule has 0 atom stereocenters. The number of ether oxygens (including phenoxy) is 2. The van der Waals surface area contributed by atoms with E-state index >= 15 is 0 Å². The number of thiophene rings is 1. The van der Waals surface area contributed by atoms with Crippen molar-refractivity contribution in [1.29, 1.82) is 0 Å². The highest BCUT2D eigenvalue weighted by Gasteiger charge is 2.22. The first-order valence-electron chi connectivity index (χ1n) is 8.20. The van der Waals surface area contributed by atoms with Crippen molar-refractivity contribution in [2.75, 3.05) is 27.8 Å². The van der Waals surface area contributed by atoms with Gasteiger partial charge >= 0.3 is 0 Å². The maximum Gasteiger partial charge on any atom is 0.191 e. The number of methoxy groups -OCH3 is 2. The molecule has 0 aliphatic rings. The summed E-state index contributed by atoms with van der Waals surface area (Å²) in [5.74, 6) is 2.23. The van der Waals surface area contributed by atoms with E-state index in [0.717, 1.165) is 29.6 Å². The molecule has 2 aromatic rings. The smallest absolute Gasteiger partial charge is 0.191 e. The van der Waals surface area contributed by atoms with E-state index in [1.165, 1.54) is 4.88 Å². The van der Waals surface area contributed by atoms with Gasteiger partial charge in [-0.25, -0.2) is 0 Å². The van der Waals surface area contributed by atoms with E-state index < -0.39 is 0 Å². The quantitative estimate of drug-likeness (QED) is 0.586.